The fourth-order valence-electron chi connectivity index (χ4n) is 3.50. The van der Waals surface area contributed by atoms with Gasteiger partial charge in [0.05, 0.1) is 0 Å². The third-order valence-electron chi connectivity index (χ3n) is 3.90. The van der Waals surface area contributed by atoms with Crippen LogP contribution in [0.25, 0.3) is 0 Å². The maximum absolute atomic E-state index is 8.07. The molecule has 1 aromatic carbocycles. The van der Waals surface area contributed by atoms with Crippen LogP contribution in [0.15, 0.2) is 24.3 Å². The van der Waals surface area contributed by atoms with Crippen molar-refractivity contribution in [1.82, 2.24) is 16.0 Å². The van der Waals surface area contributed by atoms with Crippen molar-refractivity contribution in [2.45, 2.75) is 57.7 Å². The number of anilines is 1. The number of hydrogen-bond acceptors (Lipinski definition) is 3. The van der Waals surface area contributed by atoms with Gasteiger partial charge in [-0.25, -0.2) is 0 Å². The molecule has 1 aliphatic rings. The minimum Gasteiger partial charge on any atom is -0.353 e. The molecule has 1 heterocycles. The van der Waals surface area contributed by atoms with Crippen molar-refractivity contribution in [3.8, 4) is 0 Å². The molecule has 0 saturated carbocycles. The lowest BCUT2D eigenvalue weighted by atomic mass is 9.80. The summed E-state index contributed by atoms with van der Waals surface area (Å²) in [6.07, 6.45) is 1.83. The van der Waals surface area contributed by atoms with Crippen molar-refractivity contribution < 1.29 is 0 Å². The summed E-state index contributed by atoms with van der Waals surface area (Å²) < 4.78 is 0. The molecule has 1 fully saturated rings. The van der Waals surface area contributed by atoms with Crippen LogP contribution in [0, 0.1) is 10.8 Å². The van der Waals surface area contributed by atoms with Gasteiger partial charge in [0.2, 0.25) is 0 Å². The number of hydrogen-bond donors (Lipinski definition) is 6. The molecule has 6 N–H and O–H groups in total. The van der Waals surface area contributed by atoms with Gasteiger partial charge in [0.15, 0.2) is 11.9 Å². The number of benzene rings is 1. The van der Waals surface area contributed by atoms with E-state index in [-0.39, 0.29) is 29.0 Å². The Balaban J connectivity index is 1.86. The van der Waals surface area contributed by atoms with Crippen molar-refractivity contribution in [2.75, 3.05) is 5.32 Å². The molecule has 24 heavy (non-hydrogen) atoms. The Bertz CT molecular complexity index is 592. The summed E-state index contributed by atoms with van der Waals surface area (Å²) >= 11 is 5.84. The van der Waals surface area contributed by atoms with E-state index in [1.54, 1.807) is 24.3 Å². The maximum Gasteiger partial charge on any atom is 0.199 e. The second kappa shape index (κ2) is 6.99. The summed E-state index contributed by atoms with van der Waals surface area (Å²) in [5.41, 5.74) is 0.762. The Morgan fingerprint density at radius 2 is 1.58 bits per heavy atom. The van der Waals surface area contributed by atoms with Gasteiger partial charge >= 0.3 is 0 Å². The number of rotatable bonds is 2. The molecule has 7 heteroatoms. The Kier molecular flexibility index (Phi) is 5.40. The molecule has 0 unspecified atom stereocenters. The first-order valence-corrected chi connectivity index (χ1v) is 8.45. The van der Waals surface area contributed by atoms with Crippen LogP contribution >= 0.6 is 11.6 Å². The molecular formula is C17H27ClN6. The molecule has 1 aromatic rings. The van der Waals surface area contributed by atoms with Gasteiger partial charge in [0.25, 0.3) is 0 Å². The normalized spacial score (nSPS) is 19.4. The second-order valence-electron chi connectivity index (χ2n) is 7.65. The van der Waals surface area contributed by atoms with Crippen LogP contribution in [-0.2, 0) is 0 Å². The van der Waals surface area contributed by atoms with Gasteiger partial charge in [0, 0.05) is 27.8 Å². The van der Waals surface area contributed by atoms with Crippen LogP contribution in [0.2, 0.25) is 5.02 Å². The lowest BCUT2D eigenvalue weighted by Crippen LogP contribution is -2.63. The SMILES string of the molecule is CC1(C)CC(NC(=N)NC(=N)Nc2ccc(Cl)cc2)CC(C)(C)N1. The highest BCUT2D eigenvalue weighted by Gasteiger charge is 2.37. The van der Waals surface area contributed by atoms with Crippen molar-refractivity contribution in [3.05, 3.63) is 29.3 Å². The van der Waals surface area contributed by atoms with E-state index < -0.39 is 0 Å². The van der Waals surface area contributed by atoms with Crippen LogP contribution in [0.5, 0.6) is 0 Å². The van der Waals surface area contributed by atoms with Crippen LogP contribution in [0.1, 0.15) is 40.5 Å². The zero-order valence-electron chi connectivity index (χ0n) is 14.7. The Hall–Kier alpha value is -1.79. The van der Waals surface area contributed by atoms with E-state index in [0.717, 1.165) is 18.5 Å². The predicted octanol–water partition coefficient (Wildman–Crippen LogP) is 3.11. The third kappa shape index (κ3) is 5.69. The minimum absolute atomic E-state index is 0.00869. The molecule has 132 valence electrons. The molecule has 0 aromatic heterocycles. The molecule has 2 rings (SSSR count). The summed E-state index contributed by atoms with van der Waals surface area (Å²) in [5.74, 6) is 0.169. The van der Waals surface area contributed by atoms with E-state index in [1.165, 1.54) is 0 Å². The van der Waals surface area contributed by atoms with Crippen molar-refractivity contribution >= 4 is 29.2 Å². The monoisotopic (exact) mass is 350 g/mol. The van der Waals surface area contributed by atoms with Gasteiger partial charge in [-0.2, -0.15) is 0 Å². The lowest BCUT2D eigenvalue weighted by molar-refractivity contribution is 0.155. The molecule has 1 saturated heterocycles. The van der Waals surface area contributed by atoms with Gasteiger partial charge in [0.1, 0.15) is 0 Å². The quantitative estimate of drug-likeness (QED) is 0.365. The fourth-order valence-corrected chi connectivity index (χ4v) is 3.62. The first-order valence-electron chi connectivity index (χ1n) is 8.07. The summed E-state index contributed by atoms with van der Waals surface area (Å²) in [7, 11) is 0. The summed E-state index contributed by atoms with van der Waals surface area (Å²) in [5, 5.41) is 29.1. The smallest absolute Gasteiger partial charge is 0.199 e. The van der Waals surface area contributed by atoms with Crippen LogP contribution in [-0.4, -0.2) is 29.0 Å². The Morgan fingerprint density at radius 1 is 1.04 bits per heavy atom. The van der Waals surface area contributed by atoms with E-state index in [2.05, 4.69) is 49.0 Å². The first kappa shape index (κ1) is 18.5. The fraction of sp³-hybridized carbons (Fsp3) is 0.529. The first-order chi connectivity index (χ1) is 11.0. The standard InChI is InChI=1S/C17H27ClN6/c1-16(2)9-13(10-17(3,4)24-16)22-15(20)23-14(19)21-12-7-5-11(18)6-8-12/h5-8,13,24H,9-10H2,1-4H3,(H5,19,20,21,22,23). The zero-order chi connectivity index (χ0) is 18.0. The average molecular weight is 351 g/mol. The highest BCUT2D eigenvalue weighted by atomic mass is 35.5. The molecule has 0 aliphatic carbocycles. The van der Waals surface area contributed by atoms with Crippen molar-refractivity contribution in [3.63, 3.8) is 0 Å². The zero-order valence-corrected chi connectivity index (χ0v) is 15.4. The molecule has 0 amide bonds. The predicted molar refractivity (Wildman–Crippen MR) is 101 cm³/mol. The van der Waals surface area contributed by atoms with Crippen LogP contribution in [0.4, 0.5) is 5.69 Å². The molecule has 0 radical (unpaired) electrons. The molecule has 6 nitrogen and oxygen atoms in total. The molecular weight excluding hydrogens is 324 g/mol. The van der Waals surface area contributed by atoms with Crippen LogP contribution in [0.3, 0.4) is 0 Å². The number of guanidine groups is 2. The lowest BCUT2D eigenvalue weighted by Gasteiger charge is -2.46. The number of halogens is 1. The average Bonchev–Trinajstić information content (AvgIpc) is 2.37. The molecule has 0 bridgehead atoms. The number of nitrogens with one attached hydrogen (secondary N) is 6. The van der Waals surface area contributed by atoms with Crippen molar-refractivity contribution in [2.24, 2.45) is 0 Å². The van der Waals surface area contributed by atoms with E-state index >= 15 is 0 Å². The molecule has 1 aliphatic heterocycles. The van der Waals surface area contributed by atoms with E-state index in [4.69, 9.17) is 22.4 Å². The largest absolute Gasteiger partial charge is 0.353 e. The topological polar surface area (TPSA) is 95.8 Å². The van der Waals surface area contributed by atoms with Gasteiger partial charge in [-0.15, -0.1) is 0 Å². The Labute approximate surface area is 148 Å². The maximum atomic E-state index is 8.07. The minimum atomic E-state index is 0.00869. The summed E-state index contributed by atoms with van der Waals surface area (Å²) in [6.45, 7) is 8.68. The molecule has 0 spiro atoms. The van der Waals surface area contributed by atoms with E-state index in [9.17, 15) is 0 Å². The van der Waals surface area contributed by atoms with E-state index in [0.29, 0.717) is 5.02 Å². The summed E-state index contributed by atoms with van der Waals surface area (Å²) in [6, 6.07) is 7.25. The highest BCUT2D eigenvalue weighted by molar-refractivity contribution is 6.30. The van der Waals surface area contributed by atoms with Gasteiger partial charge < -0.3 is 16.0 Å². The third-order valence-corrected chi connectivity index (χ3v) is 4.15. The van der Waals surface area contributed by atoms with Gasteiger partial charge in [-0.1, -0.05) is 11.6 Å². The summed E-state index contributed by atoms with van der Waals surface area (Å²) in [4.78, 5) is 0. The Morgan fingerprint density at radius 3 is 2.12 bits per heavy atom. The highest BCUT2D eigenvalue weighted by Crippen LogP contribution is 2.28. The van der Waals surface area contributed by atoms with E-state index in [1.807, 2.05) is 0 Å². The molecule has 0 atom stereocenters. The van der Waals surface area contributed by atoms with Gasteiger partial charge in [-0.3, -0.25) is 16.1 Å². The second-order valence-corrected chi connectivity index (χ2v) is 8.09. The van der Waals surface area contributed by atoms with Crippen LogP contribution < -0.4 is 21.3 Å². The van der Waals surface area contributed by atoms with Gasteiger partial charge in [-0.05, 0) is 64.8 Å². The van der Waals surface area contributed by atoms with Crippen molar-refractivity contribution in [1.29, 1.82) is 10.8 Å². The number of piperidine rings is 1.